The zero-order chi connectivity index (χ0) is 13.8. The second kappa shape index (κ2) is 5.65. The molecule has 0 N–H and O–H groups in total. The predicted octanol–water partition coefficient (Wildman–Crippen LogP) is 3.04. The van der Waals surface area contributed by atoms with E-state index < -0.39 is 0 Å². The Bertz CT molecular complexity index is 576. The van der Waals surface area contributed by atoms with Gasteiger partial charge in [0.25, 0.3) is 0 Å². The number of aromatic nitrogens is 2. The summed E-state index contributed by atoms with van der Waals surface area (Å²) >= 11 is 0. The van der Waals surface area contributed by atoms with Crippen molar-refractivity contribution in [2.24, 2.45) is 0 Å². The standard InChI is InChI=1S/C14H17N3O2/c1-11-14(17(18)19)12(2)16(15-11)10-6-9-13-7-4-3-5-8-13/h3-5,7-8H,6,9-10H2,1-2H3. The molecule has 0 bridgehead atoms. The van der Waals surface area contributed by atoms with Crippen LogP contribution in [0.25, 0.3) is 0 Å². The molecule has 2 aromatic rings. The van der Waals surface area contributed by atoms with E-state index >= 15 is 0 Å². The van der Waals surface area contributed by atoms with Crippen LogP contribution in [-0.2, 0) is 13.0 Å². The van der Waals surface area contributed by atoms with Crippen molar-refractivity contribution in [1.29, 1.82) is 0 Å². The Morgan fingerprint density at radius 1 is 1.26 bits per heavy atom. The maximum Gasteiger partial charge on any atom is 0.312 e. The van der Waals surface area contributed by atoms with Crippen LogP contribution in [0, 0.1) is 24.0 Å². The highest BCUT2D eigenvalue weighted by Gasteiger charge is 2.21. The fourth-order valence-electron chi connectivity index (χ4n) is 2.25. The molecule has 0 aliphatic rings. The SMILES string of the molecule is Cc1nn(CCCc2ccccc2)c(C)c1[N+](=O)[O-]. The van der Waals surface area contributed by atoms with Crippen molar-refractivity contribution in [2.45, 2.75) is 33.2 Å². The molecule has 0 unspecified atom stereocenters. The Kier molecular flexibility index (Phi) is 3.94. The summed E-state index contributed by atoms with van der Waals surface area (Å²) in [5.74, 6) is 0. The molecule has 0 amide bonds. The van der Waals surface area contributed by atoms with E-state index in [4.69, 9.17) is 0 Å². The molecular formula is C14H17N3O2. The van der Waals surface area contributed by atoms with Crippen LogP contribution in [0.1, 0.15) is 23.4 Å². The van der Waals surface area contributed by atoms with E-state index in [1.807, 2.05) is 18.2 Å². The van der Waals surface area contributed by atoms with E-state index in [0.29, 0.717) is 17.9 Å². The van der Waals surface area contributed by atoms with Crippen LogP contribution >= 0.6 is 0 Å². The first-order valence-corrected chi connectivity index (χ1v) is 6.32. The molecule has 5 nitrogen and oxygen atoms in total. The summed E-state index contributed by atoms with van der Waals surface area (Å²) in [6.07, 6.45) is 1.87. The molecule has 0 saturated carbocycles. The lowest BCUT2D eigenvalue weighted by atomic mass is 10.1. The monoisotopic (exact) mass is 259 g/mol. The van der Waals surface area contributed by atoms with Crippen LogP contribution in [0.4, 0.5) is 5.69 Å². The van der Waals surface area contributed by atoms with Gasteiger partial charge in [0.15, 0.2) is 0 Å². The van der Waals surface area contributed by atoms with Gasteiger partial charge in [0.1, 0.15) is 11.4 Å². The van der Waals surface area contributed by atoms with E-state index in [2.05, 4.69) is 17.2 Å². The van der Waals surface area contributed by atoms with Gasteiger partial charge in [0.05, 0.1) is 4.92 Å². The van der Waals surface area contributed by atoms with E-state index in [-0.39, 0.29) is 10.6 Å². The van der Waals surface area contributed by atoms with Gasteiger partial charge >= 0.3 is 5.69 Å². The number of rotatable bonds is 5. The van der Waals surface area contributed by atoms with Crippen LogP contribution in [0.5, 0.6) is 0 Å². The highest BCUT2D eigenvalue weighted by molar-refractivity contribution is 5.39. The Labute approximate surface area is 112 Å². The molecule has 0 aliphatic carbocycles. The van der Waals surface area contributed by atoms with Crippen molar-refractivity contribution in [1.82, 2.24) is 9.78 Å². The lowest BCUT2D eigenvalue weighted by Crippen LogP contribution is -2.04. The van der Waals surface area contributed by atoms with Crippen molar-refractivity contribution in [2.75, 3.05) is 0 Å². The third-order valence-corrected chi connectivity index (χ3v) is 3.20. The van der Waals surface area contributed by atoms with Gasteiger partial charge in [-0.3, -0.25) is 14.8 Å². The van der Waals surface area contributed by atoms with Crippen LogP contribution in [0.3, 0.4) is 0 Å². The number of hydrogen-bond acceptors (Lipinski definition) is 3. The molecule has 100 valence electrons. The van der Waals surface area contributed by atoms with E-state index in [9.17, 15) is 10.1 Å². The van der Waals surface area contributed by atoms with Gasteiger partial charge in [-0.1, -0.05) is 30.3 Å². The Morgan fingerprint density at radius 2 is 1.95 bits per heavy atom. The lowest BCUT2D eigenvalue weighted by molar-refractivity contribution is -0.386. The third-order valence-electron chi connectivity index (χ3n) is 3.20. The molecule has 1 aromatic carbocycles. The average molecular weight is 259 g/mol. The topological polar surface area (TPSA) is 61.0 Å². The number of nitrogens with zero attached hydrogens (tertiary/aromatic N) is 3. The quantitative estimate of drug-likeness (QED) is 0.612. The normalized spacial score (nSPS) is 10.6. The first-order chi connectivity index (χ1) is 9.09. The van der Waals surface area contributed by atoms with E-state index in [1.54, 1.807) is 18.5 Å². The molecule has 0 aliphatic heterocycles. The first-order valence-electron chi connectivity index (χ1n) is 6.32. The third kappa shape index (κ3) is 2.99. The molecule has 2 rings (SSSR count). The van der Waals surface area contributed by atoms with Gasteiger partial charge in [0, 0.05) is 6.54 Å². The number of benzene rings is 1. The minimum Gasteiger partial charge on any atom is -0.262 e. The average Bonchev–Trinajstić information content (AvgIpc) is 2.66. The van der Waals surface area contributed by atoms with Crippen LogP contribution in [0.15, 0.2) is 30.3 Å². The summed E-state index contributed by atoms with van der Waals surface area (Å²) in [6, 6.07) is 10.2. The smallest absolute Gasteiger partial charge is 0.262 e. The van der Waals surface area contributed by atoms with Crippen LogP contribution in [-0.4, -0.2) is 14.7 Å². The van der Waals surface area contributed by atoms with Crippen molar-refractivity contribution >= 4 is 5.69 Å². The molecule has 1 heterocycles. The van der Waals surface area contributed by atoms with Crippen molar-refractivity contribution in [3.05, 3.63) is 57.4 Å². The zero-order valence-electron chi connectivity index (χ0n) is 11.2. The second-order valence-electron chi connectivity index (χ2n) is 4.59. The van der Waals surface area contributed by atoms with Gasteiger partial charge in [-0.05, 0) is 32.3 Å². The molecule has 0 atom stereocenters. The Morgan fingerprint density at radius 3 is 2.53 bits per heavy atom. The van der Waals surface area contributed by atoms with Crippen LogP contribution < -0.4 is 0 Å². The van der Waals surface area contributed by atoms with Gasteiger partial charge < -0.3 is 0 Å². The fraction of sp³-hybridized carbons (Fsp3) is 0.357. The fourth-order valence-corrected chi connectivity index (χ4v) is 2.25. The zero-order valence-corrected chi connectivity index (χ0v) is 11.2. The van der Waals surface area contributed by atoms with Crippen molar-refractivity contribution in [3.63, 3.8) is 0 Å². The molecule has 19 heavy (non-hydrogen) atoms. The van der Waals surface area contributed by atoms with Gasteiger partial charge in [-0.25, -0.2) is 0 Å². The molecule has 1 aromatic heterocycles. The maximum absolute atomic E-state index is 10.9. The van der Waals surface area contributed by atoms with E-state index in [0.717, 1.165) is 12.8 Å². The summed E-state index contributed by atoms with van der Waals surface area (Å²) in [6.45, 7) is 4.13. The van der Waals surface area contributed by atoms with Gasteiger partial charge in [-0.2, -0.15) is 5.10 Å². The molecule has 5 heteroatoms. The second-order valence-corrected chi connectivity index (χ2v) is 4.59. The summed E-state index contributed by atoms with van der Waals surface area (Å²) in [5, 5.41) is 15.1. The lowest BCUT2D eigenvalue weighted by Gasteiger charge is -2.04. The largest absolute Gasteiger partial charge is 0.312 e. The number of hydrogen-bond donors (Lipinski definition) is 0. The highest BCUT2D eigenvalue weighted by atomic mass is 16.6. The molecule has 0 saturated heterocycles. The summed E-state index contributed by atoms with van der Waals surface area (Å²) in [7, 11) is 0. The van der Waals surface area contributed by atoms with E-state index in [1.165, 1.54) is 5.56 Å². The highest BCUT2D eigenvalue weighted by Crippen LogP contribution is 2.22. The summed E-state index contributed by atoms with van der Waals surface area (Å²) in [4.78, 5) is 10.5. The maximum atomic E-state index is 10.9. The Balaban J connectivity index is 2.01. The molecule has 0 spiro atoms. The first kappa shape index (κ1) is 13.3. The minimum absolute atomic E-state index is 0.139. The number of nitro groups is 1. The van der Waals surface area contributed by atoms with Gasteiger partial charge in [0.2, 0.25) is 0 Å². The van der Waals surface area contributed by atoms with Crippen molar-refractivity contribution < 1.29 is 4.92 Å². The predicted molar refractivity (Wildman–Crippen MR) is 73.1 cm³/mol. The van der Waals surface area contributed by atoms with Gasteiger partial charge in [-0.15, -0.1) is 0 Å². The molecular weight excluding hydrogens is 242 g/mol. The Hall–Kier alpha value is -2.17. The van der Waals surface area contributed by atoms with Crippen molar-refractivity contribution in [3.8, 4) is 0 Å². The minimum atomic E-state index is -0.356. The van der Waals surface area contributed by atoms with Crippen LogP contribution in [0.2, 0.25) is 0 Å². The summed E-state index contributed by atoms with van der Waals surface area (Å²) in [5.41, 5.74) is 2.54. The number of aryl methyl sites for hydroxylation is 3. The molecule has 0 radical (unpaired) electrons. The molecule has 0 fully saturated rings. The summed E-state index contributed by atoms with van der Waals surface area (Å²) < 4.78 is 1.73.